The average molecular weight is 428 g/mol. The first-order valence-electron chi connectivity index (χ1n) is 9.74. The van der Waals surface area contributed by atoms with Crippen LogP contribution < -0.4 is 10.6 Å². The van der Waals surface area contributed by atoms with Crippen LogP contribution in [-0.2, 0) is 4.79 Å². The molecule has 1 aromatic carbocycles. The van der Waals surface area contributed by atoms with Crippen molar-refractivity contribution < 1.29 is 14.0 Å². The molecule has 30 heavy (non-hydrogen) atoms. The lowest BCUT2D eigenvalue weighted by molar-refractivity contribution is -0.119. The molecule has 0 aliphatic heterocycles. The number of nitrogens with one attached hydrogen (secondary N) is 2. The molecule has 3 amide bonds. The highest BCUT2D eigenvalue weighted by Crippen LogP contribution is 2.29. The average Bonchev–Trinajstić information content (AvgIpc) is 3.39. The molecule has 3 aromatic rings. The van der Waals surface area contributed by atoms with Crippen LogP contribution in [0, 0.1) is 5.82 Å². The maximum absolute atomic E-state index is 13.2. The number of thioether (sulfide) groups is 1. The van der Waals surface area contributed by atoms with Gasteiger partial charge < -0.3 is 5.32 Å². The molecule has 4 rings (SSSR count). The second-order valence-electron chi connectivity index (χ2n) is 7.15. The second-order valence-corrected chi connectivity index (χ2v) is 8.48. The fourth-order valence-corrected chi connectivity index (χ4v) is 4.29. The Morgan fingerprint density at radius 1 is 1.20 bits per heavy atom. The van der Waals surface area contributed by atoms with Crippen LogP contribution in [0.5, 0.6) is 0 Å². The first-order chi connectivity index (χ1) is 14.5. The fraction of sp³-hybridized carbons (Fsp3) is 0.350. The first kappa shape index (κ1) is 20.3. The van der Waals surface area contributed by atoms with E-state index in [1.807, 2.05) is 0 Å². The molecule has 1 aliphatic carbocycles. The molecule has 1 fully saturated rings. The highest BCUT2D eigenvalue weighted by Gasteiger charge is 2.22. The Kier molecular flexibility index (Phi) is 5.93. The van der Waals surface area contributed by atoms with Gasteiger partial charge in [-0.25, -0.2) is 23.8 Å². The van der Waals surface area contributed by atoms with Crippen molar-refractivity contribution in [1.82, 2.24) is 30.4 Å². The third kappa shape index (κ3) is 4.43. The number of benzene rings is 1. The first-order valence-corrected chi connectivity index (χ1v) is 10.6. The molecular formula is C20H21FN6O2S. The minimum absolute atomic E-state index is 0.138. The highest BCUT2D eigenvalue weighted by atomic mass is 32.2. The minimum atomic E-state index is -0.549. The number of carbonyl (C=O) groups is 2. The van der Waals surface area contributed by atoms with Crippen LogP contribution in [0.2, 0.25) is 0 Å². The quantitative estimate of drug-likeness (QED) is 0.478. The number of urea groups is 1. The number of imide groups is 1. The Balaban J connectivity index is 1.46. The van der Waals surface area contributed by atoms with Crippen molar-refractivity contribution in [1.29, 1.82) is 0 Å². The lowest BCUT2D eigenvalue weighted by Crippen LogP contribution is -2.45. The Hall–Kier alpha value is -3.01. The van der Waals surface area contributed by atoms with Crippen molar-refractivity contribution in [3.05, 3.63) is 42.6 Å². The van der Waals surface area contributed by atoms with E-state index in [0.717, 1.165) is 25.7 Å². The Labute approximate surface area is 176 Å². The number of aromatic nitrogens is 4. The van der Waals surface area contributed by atoms with E-state index in [9.17, 15) is 14.0 Å². The minimum Gasteiger partial charge on any atom is -0.335 e. The Bertz CT molecular complexity index is 1060. The van der Waals surface area contributed by atoms with Gasteiger partial charge in [0, 0.05) is 6.04 Å². The third-order valence-electron chi connectivity index (χ3n) is 4.99. The summed E-state index contributed by atoms with van der Waals surface area (Å²) in [6, 6.07) is 5.59. The molecule has 0 spiro atoms. The highest BCUT2D eigenvalue weighted by molar-refractivity contribution is 8.00. The summed E-state index contributed by atoms with van der Waals surface area (Å²) >= 11 is 1.22. The summed E-state index contributed by atoms with van der Waals surface area (Å²) in [5.41, 5.74) is 1.21. The van der Waals surface area contributed by atoms with Gasteiger partial charge in [0.15, 0.2) is 5.65 Å². The van der Waals surface area contributed by atoms with Gasteiger partial charge in [0.25, 0.3) is 0 Å². The summed E-state index contributed by atoms with van der Waals surface area (Å²) < 4.78 is 14.8. The Morgan fingerprint density at radius 2 is 1.93 bits per heavy atom. The summed E-state index contributed by atoms with van der Waals surface area (Å²) in [5.74, 6) is -0.730. The number of hydrogen-bond acceptors (Lipinski definition) is 6. The Morgan fingerprint density at radius 3 is 2.67 bits per heavy atom. The molecule has 0 radical (unpaired) electrons. The number of hydrogen-bond donors (Lipinski definition) is 2. The van der Waals surface area contributed by atoms with Crippen molar-refractivity contribution in [3.63, 3.8) is 0 Å². The van der Waals surface area contributed by atoms with Gasteiger partial charge in [0.2, 0.25) is 5.91 Å². The third-order valence-corrected chi connectivity index (χ3v) is 6.10. The van der Waals surface area contributed by atoms with Crippen molar-refractivity contribution in [2.75, 3.05) is 0 Å². The SMILES string of the molecule is CC(Sc1ncnc2c1cnn2-c1ccc(F)cc1)C(=O)NC(=O)NC1CCCC1. The van der Waals surface area contributed by atoms with Crippen LogP contribution in [0.15, 0.2) is 41.8 Å². The maximum Gasteiger partial charge on any atom is 0.321 e. The van der Waals surface area contributed by atoms with Crippen molar-refractivity contribution in [2.45, 2.75) is 48.9 Å². The van der Waals surface area contributed by atoms with E-state index < -0.39 is 17.2 Å². The van der Waals surface area contributed by atoms with Crippen LogP contribution in [0.3, 0.4) is 0 Å². The largest absolute Gasteiger partial charge is 0.335 e. The normalized spacial score (nSPS) is 15.3. The molecule has 1 saturated carbocycles. The molecule has 10 heteroatoms. The maximum atomic E-state index is 13.2. The summed E-state index contributed by atoms with van der Waals surface area (Å²) in [6.45, 7) is 1.71. The number of carbonyl (C=O) groups excluding carboxylic acids is 2. The zero-order valence-corrected chi connectivity index (χ0v) is 17.2. The summed E-state index contributed by atoms with van der Waals surface area (Å²) in [4.78, 5) is 33.0. The van der Waals surface area contributed by atoms with Crippen LogP contribution >= 0.6 is 11.8 Å². The van der Waals surface area contributed by atoms with Gasteiger partial charge in [0.05, 0.1) is 22.5 Å². The van der Waals surface area contributed by atoms with Gasteiger partial charge >= 0.3 is 6.03 Å². The standard InChI is InChI=1S/C20H21FN6O2S/c1-12(18(28)26-20(29)25-14-4-2-3-5-14)30-19-16-10-24-27(17(16)22-11-23-19)15-8-6-13(21)7-9-15/h6-12,14H,2-5H2,1H3,(H2,25,26,28,29). The van der Waals surface area contributed by atoms with E-state index in [-0.39, 0.29) is 11.9 Å². The van der Waals surface area contributed by atoms with E-state index in [4.69, 9.17) is 0 Å². The second kappa shape index (κ2) is 8.78. The monoisotopic (exact) mass is 428 g/mol. The molecular weight excluding hydrogens is 407 g/mol. The number of nitrogens with zero attached hydrogens (tertiary/aromatic N) is 4. The summed E-state index contributed by atoms with van der Waals surface area (Å²) in [7, 11) is 0. The molecule has 2 N–H and O–H groups in total. The van der Waals surface area contributed by atoms with E-state index in [2.05, 4.69) is 25.7 Å². The number of rotatable bonds is 5. The summed E-state index contributed by atoms with van der Waals surface area (Å²) in [5, 5.41) is 10.3. The van der Waals surface area contributed by atoms with Gasteiger partial charge in [-0.15, -0.1) is 0 Å². The van der Waals surface area contributed by atoms with Gasteiger partial charge in [-0.2, -0.15) is 5.10 Å². The van der Waals surface area contributed by atoms with E-state index in [0.29, 0.717) is 21.7 Å². The van der Waals surface area contributed by atoms with Crippen LogP contribution in [0.1, 0.15) is 32.6 Å². The molecule has 2 heterocycles. The predicted octanol–water partition coefficient (Wildman–Crippen LogP) is 3.20. The van der Waals surface area contributed by atoms with Crippen molar-refractivity contribution in [3.8, 4) is 5.69 Å². The summed E-state index contributed by atoms with van der Waals surface area (Å²) in [6.07, 6.45) is 7.09. The molecule has 1 aliphatic rings. The van der Waals surface area contributed by atoms with Crippen LogP contribution in [0.4, 0.5) is 9.18 Å². The molecule has 156 valence electrons. The van der Waals surface area contributed by atoms with E-state index in [1.54, 1.807) is 29.9 Å². The zero-order chi connectivity index (χ0) is 21.1. The lowest BCUT2D eigenvalue weighted by atomic mass is 10.2. The molecule has 0 bridgehead atoms. The van der Waals surface area contributed by atoms with Gasteiger partial charge in [-0.05, 0) is 44.0 Å². The topological polar surface area (TPSA) is 102 Å². The number of amides is 3. The molecule has 0 saturated heterocycles. The molecule has 2 aromatic heterocycles. The predicted molar refractivity (Wildman–Crippen MR) is 111 cm³/mol. The smallest absolute Gasteiger partial charge is 0.321 e. The van der Waals surface area contributed by atoms with Gasteiger partial charge in [-0.3, -0.25) is 10.1 Å². The van der Waals surface area contributed by atoms with E-state index in [1.165, 1.54) is 30.2 Å². The number of halogens is 1. The fourth-order valence-electron chi connectivity index (χ4n) is 3.41. The van der Waals surface area contributed by atoms with Gasteiger partial charge in [0.1, 0.15) is 17.2 Å². The molecule has 1 unspecified atom stereocenters. The molecule has 1 atom stereocenters. The number of fused-ring (bicyclic) bond motifs is 1. The zero-order valence-electron chi connectivity index (χ0n) is 16.3. The van der Waals surface area contributed by atoms with Gasteiger partial charge in [-0.1, -0.05) is 24.6 Å². The van der Waals surface area contributed by atoms with Crippen LogP contribution in [-0.4, -0.2) is 43.0 Å². The van der Waals surface area contributed by atoms with Crippen molar-refractivity contribution in [2.24, 2.45) is 0 Å². The van der Waals surface area contributed by atoms with Crippen molar-refractivity contribution >= 4 is 34.7 Å². The van der Waals surface area contributed by atoms with E-state index >= 15 is 0 Å². The van der Waals surface area contributed by atoms with Crippen LogP contribution in [0.25, 0.3) is 16.7 Å². The lowest BCUT2D eigenvalue weighted by Gasteiger charge is -2.14. The molecule has 8 nitrogen and oxygen atoms in total.